The summed E-state index contributed by atoms with van der Waals surface area (Å²) in [5.41, 5.74) is -0.282. The van der Waals surface area contributed by atoms with Crippen molar-refractivity contribution in [2.75, 3.05) is 34.5 Å². The molecular weight excluding hydrogens is 735 g/mol. The molecule has 5 atom stereocenters. The molecule has 56 heavy (non-hydrogen) atoms. The molecule has 14 heteroatoms. The number of aromatic nitrogens is 2. The SMILES string of the molecule is C#Cc1cn([C@@H]2O[C@H](COC(c3ccccc3)(c3ccc(OC)cc3)c3ccc(OC)cc3)[C@@H](OP(OCCC#N)N(C(C)C)C(C)C)[C@H]2OC)c(=O)[nH]c1=O. The normalized spacial score (nSPS) is 18.9. The van der Waals surface area contributed by atoms with Gasteiger partial charge in [0.25, 0.3) is 14.1 Å². The minimum Gasteiger partial charge on any atom is -0.497 e. The van der Waals surface area contributed by atoms with E-state index in [1.165, 1.54) is 17.9 Å². The highest BCUT2D eigenvalue weighted by molar-refractivity contribution is 7.44. The van der Waals surface area contributed by atoms with Crippen molar-refractivity contribution in [1.82, 2.24) is 14.2 Å². The lowest BCUT2D eigenvalue weighted by molar-refractivity contribution is -0.0957. The molecule has 0 spiro atoms. The number of hydrogen-bond donors (Lipinski definition) is 1. The van der Waals surface area contributed by atoms with Crippen LogP contribution in [0.3, 0.4) is 0 Å². The number of nitriles is 1. The molecule has 1 fully saturated rings. The fourth-order valence-electron chi connectivity index (χ4n) is 6.90. The maximum absolute atomic E-state index is 13.4. The van der Waals surface area contributed by atoms with Gasteiger partial charge >= 0.3 is 5.69 Å². The van der Waals surface area contributed by atoms with E-state index in [1.807, 2.05) is 107 Å². The summed E-state index contributed by atoms with van der Waals surface area (Å²) < 4.78 is 47.6. The lowest BCUT2D eigenvalue weighted by Crippen LogP contribution is -2.43. The van der Waals surface area contributed by atoms with Crippen LogP contribution in [0.2, 0.25) is 0 Å². The highest BCUT2D eigenvalue weighted by Gasteiger charge is 2.51. The van der Waals surface area contributed by atoms with Gasteiger partial charge in [-0.1, -0.05) is 60.5 Å². The van der Waals surface area contributed by atoms with Crippen LogP contribution in [0.25, 0.3) is 0 Å². The highest BCUT2D eigenvalue weighted by atomic mass is 31.2. The molecule has 2 heterocycles. The lowest BCUT2D eigenvalue weighted by Gasteiger charge is -2.39. The predicted molar refractivity (Wildman–Crippen MR) is 212 cm³/mol. The fourth-order valence-corrected chi connectivity index (χ4v) is 8.67. The van der Waals surface area contributed by atoms with E-state index in [0.29, 0.717) is 11.5 Å². The van der Waals surface area contributed by atoms with E-state index >= 15 is 0 Å². The molecular formula is C42H49N4O9P. The van der Waals surface area contributed by atoms with Gasteiger partial charge in [-0.05, 0) is 68.7 Å². The van der Waals surface area contributed by atoms with Crippen molar-refractivity contribution in [2.24, 2.45) is 0 Å². The molecule has 1 aliphatic heterocycles. The van der Waals surface area contributed by atoms with Crippen molar-refractivity contribution in [2.45, 2.75) is 76.3 Å². The Labute approximate surface area is 329 Å². The molecule has 1 aromatic heterocycles. The molecule has 0 saturated carbocycles. The van der Waals surface area contributed by atoms with Gasteiger partial charge < -0.3 is 32.7 Å². The number of H-pyrrole nitrogens is 1. The molecule has 1 saturated heterocycles. The first-order chi connectivity index (χ1) is 27.0. The van der Waals surface area contributed by atoms with Crippen molar-refractivity contribution in [3.05, 3.63) is 128 Å². The average Bonchev–Trinajstić information content (AvgIpc) is 3.55. The van der Waals surface area contributed by atoms with E-state index in [1.54, 1.807) is 14.2 Å². The number of ether oxygens (including phenoxy) is 5. The molecule has 1 unspecified atom stereocenters. The minimum atomic E-state index is -1.81. The molecule has 1 aliphatic rings. The second kappa shape index (κ2) is 19.4. The molecule has 13 nitrogen and oxygen atoms in total. The first-order valence-corrected chi connectivity index (χ1v) is 19.4. The van der Waals surface area contributed by atoms with Crippen LogP contribution in [0, 0.1) is 23.7 Å². The molecule has 3 aromatic carbocycles. The van der Waals surface area contributed by atoms with Crippen molar-refractivity contribution in [1.29, 1.82) is 5.26 Å². The molecule has 1 N–H and O–H groups in total. The maximum Gasteiger partial charge on any atom is 0.330 e. The standard InChI is InChI=1S/C42H49N4O9P/c1-9-30-26-45(41(48)44-39(30)47)40-38(51-8)37(55-56(53-25-13-24-43)46(28(2)3)29(4)5)36(54-40)27-52-42(31-14-11-10-12-15-31,32-16-20-34(49-6)21-17-32)33-18-22-35(50-7)23-19-33/h1,10-12,14-23,26,28-29,36-38,40H,13,25,27H2,2-8H3,(H,44,47,48)/t36-,37-,38-,40-,56?/m1/s1. The summed E-state index contributed by atoms with van der Waals surface area (Å²) in [7, 11) is 2.89. The Balaban J connectivity index is 1.67. The Kier molecular flexibility index (Phi) is 14.6. The fraction of sp³-hybridized carbons (Fsp3) is 0.405. The molecule has 0 amide bonds. The third-order valence-corrected chi connectivity index (χ3v) is 11.6. The van der Waals surface area contributed by atoms with Crippen LogP contribution in [0.15, 0.2) is 94.6 Å². The topological polar surface area (TPSA) is 146 Å². The molecule has 4 aromatic rings. The van der Waals surface area contributed by atoms with Gasteiger partial charge in [0.2, 0.25) is 0 Å². The Morgan fingerprint density at radius 2 is 1.46 bits per heavy atom. The highest BCUT2D eigenvalue weighted by Crippen LogP contribution is 2.51. The Bertz CT molecular complexity index is 2020. The number of nitrogens with zero attached hydrogens (tertiary/aromatic N) is 3. The number of benzene rings is 3. The van der Waals surface area contributed by atoms with Crippen molar-refractivity contribution < 1.29 is 32.7 Å². The van der Waals surface area contributed by atoms with Crippen molar-refractivity contribution in [3.63, 3.8) is 0 Å². The molecule has 0 aliphatic carbocycles. The van der Waals surface area contributed by atoms with E-state index in [9.17, 15) is 14.9 Å². The van der Waals surface area contributed by atoms with Gasteiger partial charge in [0, 0.05) is 25.4 Å². The Morgan fingerprint density at radius 1 is 0.893 bits per heavy atom. The summed E-state index contributed by atoms with van der Waals surface area (Å²) in [5.74, 6) is 3.68. The first kappa shape index (κ1) is 42.3. The van der Waals surface area contributed by atoms with Gasteiger partial charge in [0.05, 0.1) is 39.9 Å². The summed E-state index contributed by atoms with van der Waals surface area (Å²) in [6, 6.07) is 27.2. The van der Waals surface area contributed by atoms with E-state index in [-0.39, 0.29) is 37.3 Å². The zero-order chi connectivity index (χ0) is 40.4. The number of methoxy groups -OCH3 is 3. The van der Waals surface area contributed by atoms with Crippen LogP contribution in [0.5, 0.6) is 11.5 Å². The van der Waals surface area contributed by atoms with Crippen LogP contribution >= 0.6 is 8.53 Å². The van der Waals surface area contributed by atoms with E-state index in [0.717, 1.165) is 16.7 Å². The third kappa shape index (κ3) is 9.07. The second-order valence-corrected chi connectivity index (χ2v) is 15.0. The van der Waals surface area contributed by atoms with Gasteiger partial charge in [0.1, 0.15) is 41.0 Å². The Morgan fingerprint density at radius 3 is 1.96 bits per heavy atom. The van der Waals surface area contributed by atoms with Gasteiger partial charge in [-0.2, -0.15) is 5.26 Å². The van der Waals surface area contributed by atoms with Gasteiger partial charge in [0.15, 0.2) is 6.23 Å². The lowest BCUT2D eigenvalue weighted by atomic mass is 9.80. The number of nitrogens with one attached hydrogen (secondary N) is 1. The van der Waals surface area contributed by atoms with Crippen molar-refractivity contribution in [3.8, 4) is 29.9 Å². The van der Waals surface area contributed by atoms with E-state index in [2.05, 4.69) is 21.6 Å². The monoisotopic (exact) mass is 784 g/mol. The first-order valence-electron chi connectivity index (χ1n) is 18.3. The smallest absolute Gasteiger partial charge is 0.330 e. The van der Waals surface area contributed by atoms with Crippen molar-refractivity contribution >= 4 is 8.53 Å². The molecule has 0 radical (unpaired) electrons. The summed E-state index contributed by atoms with van der Waals surface area (Å²) in [5, 5.41) is 9.36. The van der Waals surface area contributed by atoms with Crippen LogP contribution in [-0.2, 0) is 28.9 Å². The molecule has 5 rings (SSSR count). The van der Waals surface area contributed by atoms with E-state index in [4.69, 9.17) is 39.2 Å². The van der Waals surface area contributed by atoms with Gasteiger partial charge in [-0.3, -0.25) is 14.3 Å². The summed E-state index contributed by atoms with van der Waals surface area (Å²) in [4.78, 5) is 28.2. The second-order valence-electron chi connectivity index (χ2n) is 13.6. The minimum absolute atomic E-state index is 0.00658. The number of rotatable bonds is 18. The molecule has 0 bridgehead atoms. The summed E-state index contributed by atoms with van der Waals surface area (Å²) in [6.45, 7) is 8.19. The average molecular weight is 785 g/mol. The van der Waals surface area contributed by atoms with Crippen LogP contribution in [0.1, 0.15) is 62.6 Å². The Hall–Kier alpha value is -4.82. The largest absolute Gasteiger partial charge is 0.497 e. The van der Waals surface area contributed by atoms with Crippen LogP contribution in [-0.4, -0.2) is 79.2 Å². The zero-order valence-electron chi connectivity index (χ0n) is 32.7. The third-order valence-electron chi connectivity index (χ3n) is 9.47. The van der Waals surface area contributed by atoms with Gasteiger partial charge in [-0.25, -0.2) is 9.46 Å². The van der Waals surface area contributed by atoms with E-state index < -0.39 is 49.9 Å². The maximum atomic E-state index is 13.4. The zero-order valence-corrected chi connectivity index (χ0v) is 33.6. The predicted octanol–water partition coefficient (Wildman–Crippen LogP) is 6.12. The summed E-state index contributed by atoms with van der Waals surface area (Å²) in [6.07, 6.45) is 3.27. The van der Waals surface area contributed by atoms with Crippen LogP contribution < -0.4 is 20.7 Å². The molecule has 296 valence electrons. The van der Waals surface area contributed by atoms with Gasteiger partial charge in [-0.15, -0.1) is 6.42 Å². The van der Waals surface area contributed by atoms with Crippen LogP contribution in [0.4, 0.5) is 0 Å². The number of aromatic amines is 1. The number of hydrogen-bond acceptors (Lipinski definition) is 11. The number of terminal acetylenes is 1. The quantitative estimate of drug-likeness (QED) is 0.0539. The summed E-state index contributed by atoms with van der Waals surface area (Å²) >= 11 is 0.